The second kappa shape index (κ2) is 6.87. The van der Waals surface area contributed by atoms with Crippen molar-refractivity contribution in [2.45, 2.75) is 13.8 Å². The summed E-state index contributed by atoms with van der Waals surface area (Å²) in [6.07, 6.45) is 0. The van der Waals surface area contributed by atoms with E-state index in [2.05, 4.69) is 12.1 Å². The molecule has 3 nitrogen and oxygen atoms in total. The van der Waals surface area contributed by atoms with Crippen LogP contribution in [-0.2, 0) is 0 Å². The van der Waals surface area contributed by atoms with E-state index in [0.717, 1.165) is 11.4 Å². The van der Waals surface area contributed by atoms with Crippen LogP contribution in [0.3, 0.4) is 0 Å². The normalized spacial score (nSPS) is 8.60. The minimum Gasteiger partial charge on any atom is -0.409 e. The summed E-state index contributed by atoms with van der Waals surface area (Å²) < 4.78 is 1.56. The van der Waals surface area contributed by atoms with E-state index in [1.54, 1.807) is 4.68 Å². The summed E-state index contributed by atoms with van der Waals surface area (Å²) in [5.74, 6) is 0. The minimum atomic E-state index is 0.935. The lowest BCUT2D eigenvalue weighted by molar-refractivity contribution is -0.428. The van der Waals surface area contributed by atoms with Crippen LogP contribution in [0.2, 0.25) is 0 Å². The van der Waals surface area contributed by atoms with Crippen LogP contribution in [0, 0.1) is 0 Å². The van der Waals surface area contributed by atoms with Gasteiger partial charge in [0.25, 0.3) is 0 Å². The molecule has 0 bridgehead atoms. The third kappa shape index (κ3) is 4.49. The highest BCUT2D eigenvalue weighted by Gasteiger charge is 1.96. The van der Waals surface area contributed by atoms with Gasteiger partial charge < -0.3 is 10.3 Å². The molecule has 15 heavy (non-hydrogen) atoms. The molecule has 0 fully saturated rings. The molecule has 0 aliphatic heterocycles. The van der Waals surface area contributed by atoms with Gasteiger partial charge in [0.15, 0.2) is 0 Å². The molecule has 0 heterocycles. The molecule has 3 heteroatoms. The van der Waals surface area contributed by atoms with Crippen molar-refractivity contribution in [2.24, 2.45) is 0 Å². The Kier molecular flexibility index (Phi) is 6.18. The van der Waals surface area contributed by atoms with Gasteiger partial charge in [0.05, 0.1) is 0 Å². The highest BCUT2D eigenvalue weighted by molar-refractivity contribution is 5.70. The number of benzene rings is 1. The van der Waals surface area contributed by atoms with Gasteiger partial charge in [0.2, 0.25) is 0 Å². The summed E-state index contributed by atoms with van der Waals surface area (Å²) >= 11 is 0. The molecule has 0 N–H and O–H groups in total. The largest absolute Gasteiger partial charge is 0.409 e. The number of nitrogens with zero attached hydrogens (tertiary/aromatic N) is 3. The van der Waals surface area contributed by atoms with Crippen LogP contribution in [0.15, 0.2) is 24.3 Å². The van der Waals surface area contributed by atoms with Gasteiger partial charge in [-0.1, -0.05) is 37.7 Å². The molecule has 0 spiro atoms. The Bertz CT molecular complexity index is 305. The van der Waals surface area contributed by atoms with E-state index in [-0.39, 0.29) is 0 Å². The van der Waals surface area contributed by atoms with Gasteiger partial charge in [-0.05, 0) is 6.07 Å². The summed E-state index contributed by atoms with van der Waals surface area (Å²) in [6.45, 7) is 7.68. The van der Waals surface area contributed by atoms with Crippen LogP contribution < -0.4 is 4.90 Å². The summed E-state index contributed by atoms with van der Waals surface area (Å²) in [6, 6.07) is 7.96. The highest BCUT2D eigenvalue weighted by atomic mass is 15.4. The molecule has 0 aromatic heterocycles. The van der Waals surface area contributed by atoms with Crippen molar-refractivity contribution in [1.82, 2.24) is 0 Å². The Balaban J connectivity index is 0.000000921. The van der Waals surface area contributed by atoms with E-state index in [1.807, 2.05) is 64.2 Å². The maximum absolute atomic E-state index is 4.26. The minimum absolute atomic E-state index is 0.935. The van der Waals surface area contributed by atoms with Crippen molar-refractivity contribution in [3.05, 3.63) is 29.7 Å². The van der Waals surface area contributed by atoms with Gasteiger partial charge in [0.1, 0.15) is 13.8 Å². The Labute approximate surface area is 93.0 Å². The van der Waals surface area contributed by atoms with Crippen molar-refractivity contribution in [3.63, 3.8) is 0 Å². The molecule has 0 saturated heterocycles. The maximum Gasteiger partial charge on any atom is 0.127 e. The third-order valence-corrected chi connectivity index (χ3v) is 1.64. The zero-order valence-electron chi connectivity index (χ0n) is 10.4. The third-order valence-electron chi connectivity index (χ3n) is 1.64. The van der Waals surface area contributed by atoms with Gasteiger partial charge in [-0.25, -0.2) is 0 Å². The Morgan fingerprint density at radius 1 is 1.20 bits per heavy atom. The first-order valence-electron chi connectivity index (χ1n) is 5.13. The van der Waals surface area contributed by atoms with Gasteiger partial charge in [-0.15, -0.1) is 0 Å². The second-order valence-electron chi connectivity index (χ2n) is 3.14. The molecule has 0 aliphatic rings. The quantitative estimate of drug-likeness (QED) is 0.424. The molecular weight excluding hydrogens is 186 g/mol. The fourth-order valence-electron chi connectivity index (χ4n) is 1.11. The van der Waals surface area contributed by atoms with Gasteiger partial charge in [0, 0.05) is 19.8 Å². The van der Waals surface area contributed by atoms with Gasteiger partial charge in [-0.3, -0.25) is 4.68 Å². The molecule has 0 atom stereocenters. The number of hydrogen-bond acceptors (Lipinski definition) is 1. The number of rotatable bonds is 3. The average Bonchev–Trinajstić information content (AvgIpc) is 2.20. The second-order valence-corrected chi connectivity index (χ2v) is 3.14. The first-order chi connectivity index (χ1) is 7.11. The molecule has 0 unspecified atom stereocenters. The zero-order valence-corrected chi connectivity index (χ0v) is 10.4. The lowest BCUT2D eigenvalue weighted by Crippen LogP contribution is -2.09. The molecule has 84 valence electrons. The van der Waals surface area contributed by atoms with Crippen molar-refractivity contribution >= 4 is 18.1 Å². The lowest BCUT2D eigenvalue weighted by atomic mass is 10.2. The topological polar surface area (TPSA) is 20.4 Å². The van der Waals surface area contributed by atoms with E-state index < -0.39 is 0 Å². The molecule has 0 saturated carbocycles. The van der Waals surface area contributed by atoms with Gasteiger partial charge in [-0.2, -0.15) is 0 Å². The highest BCUT2D eigenvalue weighted by Crippen LogP contribution is 2.29. The van der Waals surface area contributed by atoms with Crippen molar-refractivity contribution in [2.75, 3.05) is 26.0 Å². The molecule has 0 aliphatic carbocycles. The van der Waals surface area contributed by atoms with Crippen LogP contribution in [0.25, 0.3) is 5.43 Å². The van der Waals surface area contributed by atoms with Crippen LogP contribution in [0.5, 0.6) is 0 Å². The smallest absolute Gasteiger partial charge is 0.127 e. The molecule has 0 amide bonds. The number of para-hydroxylation sites is 1. The summed E-state index contributed by atoms with van der Waals surface area (Å²) in [5.41, 5.74) is 6.29. The van der Waals surface area contributed by atoms with E-state index in [4.69, 9.17) is 0 Å². The first-order valence-corrected chi connectivity index (χ1v) is 5.13. The molecule has 1 rings (SSSR count). The fraction of sp³-hybridized carbons (Fsp3) is 0.417. The number of anilines is 1. The first kappa shape index (κ1) is 13.5. The summed E-state index contributed by atoms with van der Waals surface area (Å²) in [4.78, 5) is 2.03. The number of hydrogen-bond donors (Lipinski definition) is 0. The van der Waals surface area contributed by atoms with Crippen LogP contribution in [0.4, 0.5) is 11.4 Å². The monoisotopic (exact) mass is 207 g/mol. The summed E-state index contributed by atoms with van der Waals surface area (Å²) in [7, 11) is 5.81. The Morgan fingerprint density at radius 2 is 1.73 bits per heavy atom. The fourth-order valence-corrected chi connectivity index (χ4v) is 1.11. The van der Waals surface area contributed by atoms with Crippen LogP contribution >= 0.6 is 0 Å². The van der Waals surface area contributed by atoms with E-state index in [1.165, 1.54) is 0 Å². The average molecular weight is 207 g/mol. The maximum atomic E-state index is 4.26. The van der Waals surface area contributed by atoms with Gasteiger partial charge >= 0.3 is 0 Å². The Morgan fingerprint density at radius 3 is 2.20 bits per heavy atom. The van der Waals surface area contributed by atoms with Crippen LogP contribution in [-0.4, -0.2) is 32.5 Å². The standard InChI is InChI=1S/C10H15N3.C2H6/c1-12(2)10-8-6-5-7-9(10)11-13(3)4;1-2/h5-8H,3H2,1-2,4H3;1-2H3. The lowest BCUT2D eigenvalue weighted by Gasteiger charge is -2.23. The molecular formula is C12H21N3. The SMILES string of the molecule is C=[N+](C)[N-]c1ccccc1N(C)C.CC. The molecule has 1 aromatic carbocycles. The summed E-state index contributed by atoms with van der Waals surface area (Å²) in [5, 5.41) is 0. The van der Waals surface area contributed by atoms with Crippen molar-refractivity contribution in [3.8, 4) is 0 Å². The molecule has 1 aromatic rings. The van der Waals surface area contributed by atoms with E-state index in [9.17, 15) is 0 Å². The zero-order chi connectivity index (χ0) is 11.8. The predicted octanol–water partition coefficient (Wildman–Crippen LogP) is 3.04. The van der Waals surface area contributed by atoms with Crippen molar-refractivity contribution in [1.29, 1.82) is 0 Å². The molecule has 0 radical (unpaired) electrons. The van der Waals surface area contributed by atoms with Crippen molar-refractivity contribution < 1.29 is 4.68 Å². The Hall–Kier alpha value is -1.51. The predicted molar refractivity (Wildman–Crippen MR) is 68.4 cm³/mol. The van der Waals surface area contributed by atoms with E-state index >= 15 is 0 Å². The van der Waals surface area contributed by atoms with E-state index in [0.29, 0.717) is 0 Å². The van der Waals surface area contributed by atoms with Crippen LogP contribution in [0.1, 0.15) is 13.8 Å².